The molecule has 2 heterocycles. The molecule has 2 amide bonds. The van der Waals surface area contributed by atoms with Gasteiger partial charge in [0.2, 0.25) is 5.91 Å². The van der Waals surface area contributed by atoms with Gasteiger partial charge in [-0.15, -0.1) is 0 Å². The summed E-state index contributed by atoms with van der Waals surface area (Å²) in [7, 11) is 0. The number of piperidine rings is 1. The van der Waals surface area contributed by atoms with Gasteiger partial charge >= 0.3 is 0 Å². The monoisotopic (exact) mass is 269 g/mol. The molecule has 18 heavy (non-hydrogen) atoms. The van der Waals surface area contributed by atoms with Gasteiger partial charge in [0.15, 0.2) is 5.82 Å². The van der Waals surface area contributed by atoms with Crippen LogP contribution in [0.3, 0.4) is 0 Å². The molecule has 6 N–H and O–H groups in total. The highest BCUT2D eigenvalue weighted by molar-refractivity contribution is 7.11. The Labute approximate surface area is 108 Å². The third-order valence-corrected chi connectivity index (χ3v) is 3.98. The standard InChI is InChI=1S/C10H15N5O2S/c11-7-6(9(13)17)10(18-14-7)15-3-1-2-5(4-15)8(12)16/h5H,1-4H2,(H2,11,14)(H2,12,16)(H2,13,17). The molecule has 1 aliphatic rings. The van der Waals surface area contributed by atoms with Crippen LogP contribution in [0, 0.1) is 5.92 Å². The fourth-order valence-electron chi connectivity index (χ4n) is 2.13. The van der Waals surface area contributed by atoms with Gasteiger partial charge in [0.25, 0.3) is 5.91 Å². The Morgan fingerprint density at radius 3 is 2.72 bits per heavy atom. The van der Waals surface area contributed by atoms with Gasteiger partial charge in [-0.25, -0.2) is 0 Å². The first kappa shape index (κ1) is 12.6. The molecule has 98 valence electrons. The Hall–Kier alpha value is -1.83. The third kappa shape index (κ3) is 2.23. The molecular formula is C10H15N5O2S. The smallest absolute Gasteiger partial charge is 0.255 e. The minimum atomic E-state index is -0.600. The number of nitrogen functional groups attached to an aromatic ring is 1. The van der Waals surface area contributed by atoms with Gasteiger partial charge in [-0.2, -0.15) is 4.37 Å². The topological polar surface area (TPSA) is 128 Å². The highest BCUT2D eigenvalue weighted by Gasteiger charge is 2.28. The van der Waals surface area contributed by atoms with Gasteiger partial charge in [0.1, 0.15) is 10.6 Å². The first-order chi connectivity index (χ1) is 8.50. The van der Waals surface area contributed by atoms with Gasteiger partial charge in [-0.05, 0) is 24.4 Å². The predicted octanol–water partition coefficient (Wildman–Crippen LogP) is -0.474. The molecule has 1 aromatic rings. The number of hydrogen-bond donors (Lipinski definition) is 3. The van der Waals surface area contributed by atoms with Crippen LogP contribution in [0.5, 0.6) is 0 Å². The Morgan fingerprint density at radius 2 is 2.11 bits per heavy atom. The SMILES string of the molecule is NC(=O)c1c(N)nsc1N1CCCC(C(N)=O)C1. The summed E-state index contributed by atoms with van der Waals surface area (Å²) in [5.74, 6) is -0.984. The average molecular weight is 269 g/mol. The normalized spacial score (nSPS) is 19.8. The summed E-state index contributed by atoms with van der Waals surface area (Å²) in [4.78, 5) is 24.5. The fraction of sp³-hybridized carbons (Fsp3) is 0.500. The second-order valence-corrected chi connectivity index (χ2v) is 5.05. The van der Waals surface area contributed by atoms with Crippen molar-refractivity contribution in [1.29, 1.82) is 0 Å². The van der Waals surface area contributed by atoms with E-state index in [9.17, 15) is 9.59 Å². The Morgan fingerprint density at radius 1 is 1.39 bits per heavy atom. The van der Waals surface area contributed by atoms with E-state index >= 15 is 0 Å². The molecule has 0 radical (unpaired) electrons. The minimum Gasteiger partial charge on any atom is -0.382 e. The van der Waals surface area contributed by atoms with E-state index in [-0.39, 0.29) is 23.2 Å². The number of primary amides is 2. The maximum Gasteiger partial charge on any atom is 0.255 e. The number of carbonyl (C=O) groups is 2. The van der Waals surface area contributed by atoms with E-state index in [1.54, 1.807) is 0 Å². The fourth-order valence-corrected chi connectivity index (χ4v) is 2.99. The van der Waals surface area contributed by atoms with Crippen LogP contribution in [-0.4, -0.2) is 29.3 Å². The highest BCUT2D eigenvalue weighted by Crippen LogP contribution is 2.33. The Kier molecular flexibility index (Phi) is 3.37. The van der Waals surface area contributed by atoms with Gasteiger partial charge in [-0.3, -0.25) is 9.59 Å². The van der Waals surface area contributed by atoms with Crippen molar-refractivity contribution in [3.8, 4) is 0 Å². The molecular weight excluding hydrogens is 254 g/mol. The minimum absolute atomic E-state index is 0.142. The molecule has 0 saturated carbocycles. The summed E-state index contributed by atoms with van der Waals surface area (Å²) in [5.41, 5.74) is 16.5. The number of amides is 2. The number of carbonyl (C=O) groups excluding carboxylic acids is 2. The van der Waals surface area contributed by atoms with Crippen molar-refractivity contribution in [1.82, 2.24) is 4.37 Å². The van der Waals surface area contributed by atoms with Crippen LogP contribution in [0.4, 0.5) is 10.8 Å². The lowest BCUT2D eigenvalue weighted by Gasteiger charge is -2.31. The quantitative estimate of drug-likeness (QED) is 0.683. The van der Waals surface area contributed by atoms with Crippen molar-refractivity contribution in [3.05, 3.63) is 5.56 Å². The number of nitrogens with zero attached hydrogens (tertiary/aromatic N) is 2. The number of anilines is 2. The molecule has 1 aliphatic heterocycles. The van der Waals surface area contributed by atoms with Crippen LogP contribution in [-0.2, 0) is 4.79 Å². The zero-order valence-corrected chi connectivity index (χ0v) is 10.6. The van der Waals surface area contributed by atoms with Crippen molar-refractivity contribution in [3.63, 3.8) is 0 Å². The number of aromatic nitrogens is 1. The Balaban J connectivity index is 2.26. The summed E-state index contributed by atoms with van der Waals surface area (Å²) in [6.45, 7) is 1.23. The first-order valence-electron chi connectivity index (χ1n) is 5.60. The van der Waals surface area contributed by atoms with E-state index in [0.29, 0.717) is 11.5 Å². The molecule has 7 nitrogen and oxygen atoms in total. The first-order valence-corrected chi connectivity index (χ1v) is 6.37. The van der Waals surface area contributed by atoms with Crippen LogP contribution in [0.25, 0.3) is 0 Å². The van der Waals surface area contributed by atoms with Gasteiger partial charge in [-0.1, -0.05) is 0 Å². The van der Waals surface area contributed by atoms with E-state index in [4.69, 9.17) is 17.2 Å². The second-order valence-electron chi connectivity index (χ2n) is 4.30. The predicted molar refractivity (Wildman–Crippen MR) is 69.2 cm³/mol. The molecule has 1 unspecified atom stereocenters. The molecule has 1 saturated heterocycles. The lowest BCUT2D eigenvalue weighted by molar-refractivity contribution is -0.122. The Bertz CT molecular complexity index is 487. The molecule has 0 aliphatic carbocycles. The van der Waals surface area contributed by atoms with Crippen LogP contribution in [0.2, 0.25) is 0 Å². The number of hydrogen-bond acceptors (Lipinski definition) is 6. The summed E-state index contributed by atoms with van der Waals surface area (Å²) in [6.07, 6.45) is 1.61. The van der Waals surface area contributed by atoms with E-state index in [1.807, 2.05) is 4.90 Å². The second kappa shape index (κ2) is 4.81. The van der Waals surface area contributed by atoms with Gasteiger partial charge in [0.05, 0.1) is 5.92 Å². The van der Waals surface area contributed by atoms with Crippen molar-refractivity contribution in [2.75, 3.05) is 23.7 Å². The molecule has 1 aromatic heterocycles. The molecule has 0 aromatic carbocycles. The lowest BCUT2D eigenvalue weighted by atomic mass is 9.97. The summed E-state index contributed by atoms with van der Waals surface area (Å²) < 4.78 is 3.94. The summed E-state index contributed by atoms with van der Waals surface area (Å²) >= 11 is 1.12. The van der Waals surface area contributed by atoms with E-state index in [2.05, 4.69) is 4.37 Å². The lowest BCUT2D eigenvalue weighted by Crippen LogP contribution is -2.41. The number of nitrogens with two attached hydrogens (primary N) is 3. The molecule has 0 spiro atoms. The molecule has 1 atom stereocenters. The average Bonchev–Trinajstić information content (AvgIpc) is 2.71. The molecule has 0 bridgehead atoms. The van der Waals surface area contributed by atoms with Gasteiger partial charge < -0.3 is 22.1 Å². The maximum atomic E-state index is 11.4. The third-order valence-electron chi connectivity index (χ3n) is 3.06. The van der Waals surface area contributed by atoms with Crippen molar-refractivity contribution < 1.29 is 9.59 Å². The van der Waals surface area contributed by atoms with E-state index in [0.717, 1.165) is 30.9 Å². The zero-order chi connectivity index (χ0) is 13.3. The maximum absolute atomic E-state index is 11.4. The van der Waals surface area contributed by atoms with Crippen molar-refractivity contribution in [2.24, 2.45) is 17.4 Å². The largest absolute Gasteiger partial charge is 0.382 e. The van der Waals surface area contributed by atoms with Gasteiger partial charge in [0, 0.05) is 13.1 Å². The van der Waals surface area contributed by atoms with Crippen molar-refractivity contribution >= 4 is 34.2 Å². The highest BCUT2D eigenvalue weighted by atomic mass is 32.1. The van der Waals surface area contributed by atoms with Crippen LogP contribution in [0.1, 0.15) is 23.2 Å². The van der Waals surface area contributed by atoms with Crippen LogP contribution >= 0.6 is 11.5 Å². The van der Waals surface area contributed by atoms with Crippen molar-refractivity contribution in [2.45, 2.75) is 12.8 Å². The number of rotatable bonds is 3. The molecule has 1 fully saturated rings. The van der Waals surface area contributed by atoms with Crippen LogP contribution in [0.15, 0.2) is 0 Å². The summed E-state index contributed by atoms with van der Waals surface area (Å²) in [5, 5.41) is 0.631. The molecule has 2 rings (SSSR count). The summed E-state index contributed by atoms with van der Waals surface area (Å²) in [6, 6.07) is 0. The molecule has 8 heteroatoms. The van der Waals surface area contributed by atoms with Crippen LogP contribution < -0.4 is 22.1 Å². The van der Waals surface area contributed by atoms with E-state index in [1.165, 1.54) is 0 Å². The van der Waals surface area contributed by atoms with E-state index < -0.39 is 5.91 Å². The zero-order valence-electron chi connectivity index (χ0n) is 9.76.